The number of ether oxygens (including phenoxy) is 1. The van der Waals surface area contributed by atoms with E-state index in [1.165, 1.54) is 18.6 Å². The number of carbonyl (C=O) groups is 2. The molecule has 12 heteroatoms. The molecule has 5 heterocycles. The number of hydrogen-bond acceptors (Lipinski definition) is 9. The molecule has 0 saturated carbocycles. The van der Waals surface area contributed by atoms with Crippen molar-refractivity contribution in [2.75, 3.05) is 18.8 Å². The number of halogens is 1. The second kappa shape index (κ2) is 12.0. The van der Waals surface area contributed by atoms with Crippen LogP contribution in [0.5, 0.6) is 11.5 Å². The molecule has 1 atom stereocenters. The number of fused-ring (bicyclic) bond motifs is 1. The first-order valence-electron chi connectivity index (χ1n) is 15.0. The molecule has 45 heavy (non-hydrogen) atoms. The van der Waals surface area contributed by atoms with Crippen molar-refractivity contribution in [2.45, 2.75) is 44.2 Å². The van der Waals surface area contributed by atoms with Gasteiger partial charge in [-0.05, 0) is 72.9 Å². The average molecular weight is 607 g/mol. The maximum absolute atomic E-state index is 14.2. The summed E-state index contributed by atoms with van der Waals surface area (Å²) in [4.78, 5) is 39.1. The zero-order chi connectivity index (χ0) is 30.9. The number of para-hydroxylation sites is 1. The van der Waals surface area contributed by atoms with Crippen molar-refractivity contribution in [3.05, 3.63) is 90.3 Å². The lowest BCUT2D eigenvalue weighted by Gasteiger charge is -2.33. The van der Waals surface area contributed by atoms with E-state index in [4.69, 9.17) is 15.6 Å². The SMILES string of the molecule is Nc1ncnc2c1c(-c1ccc(Oc3ccccc3)cc1)nn2C1CCN(Cc2cc(F)ncc2C2CCC(=O)NC2=O)CC1. The summed E-state index contributed by atoms with van der Waals surface area (Å²) in [6, 6.07) is 18.8. The van der Waals surface area contributed by atoms with Gasteiger partial charge in [-0.15, -0.1) is 0 Å². The zero-order valence-electron chi connectivity index (χ0n) is 24.4. The van der Waals surface area contributed by atoms with Crippen molar-refractivity contribution in [3.8, 4) is 22.8 Å². The fourth-order valence-electron chi connectivity index (χ4n) is 6.24. The number of nitrogen functional groups attached to an aromatic ring is 1. The van der Waals surface area contributed by atoms with Crippen molar-refractivity contribution < 1.29 is 18.7 Å². The van der Waals surface area contributed by atoms with Crippen LogP contribution < -0.4 is 15.8 Å². The first kappa shape index (κ1) is 28.5. The van der Waals surface area contributed by atoms with E-state index in [2.05, 4.69) is 25.2 Å². The van der Waals surface area contributed by atoms with E-state index < -0.39 is 11.9 Å². The number of hydrogen-bond donors (Lipinski definition) is 2. The maximum atomic E-state index is 14.2. The largest absolute Gasteiger partial charge is 0.457 e. The van der Waals surface area contributed by atoms with E-state index in [1.807, 2.05) is 59.3 Å². The fraction of sp³-hybridized carbons (Fsp3) is 0.273. The van der Waals surface area contributed by atoms with Gasteiger partial charge >= 0.3 is 0 Å². The Balaban J connectivity index is 1.09. The van der Waals surface area contributed by atoms with Crippen molar-refractivity contribution in [3.63, 3.8) is 0 Å². The first-order chi connectivity index (χ1) is 21.9. The predicted molar refractivity (Wildman–Crippen MR) is 165 cm³/mol. The summed E-state index contributed by atoms with van der Waals surface area (Å²) in [5, 5.41) is 8.11. The quantitative estimate of drug-likeness (QED) is 0.198. The summed E-state index contributed by atoms with van der Waals surface area (Å²) in [5.41, 5.74) is 10.00. The standard InChI is InChI=1S/C33H31FN8O3/c34-27-16-21(26(17-36-27)25-10-11-28(43)39-33(25)44)18-41-14-12-22(13-15-41)42-32-29(31(35)37-19-38-32)30(40-42)20-6-8-24(9-7-20)45-23-4-2-1-3-5-23/h1-9,16-17,19,22,25H,10-15,18H2,(H2,35,37,38)(H,39,43,44). The smallest absolute Gasteiger partial charge is 0.234 e. The summed E-state index contributed by atoms with van der Waals surface area (Å²) in [7, 11) is 0. The summed E-state index contributed by atoms with van der Waals surface area (Å²) >= 11 is 0. The van der Waals surface area contributed by atoms with Gasteiger partial charge in [-0.2, -0.15) is 9.49 Å². The number of nitrogens with zero attached hydrogens (tertiary/aromatic N) is 6. The van der Waals surface area contributed by atoms with Crippen LogP contribution in [0.25, 0.3) is 22.3 Å². The Labute approximate surface area is 258 Å². The van der Waals surface area contributed by atoms with Crippen LogP contribution >= 0.6 is 0 Å². The van der Waals surface area contributed by atoms with Crippen LogP contribution in [0.4, 0.5) is 10.2 Å². The summed E-state index contributed by atoms with van der Waals surface area (Å²) in [6.07, 6.45) is 5.09. The van der Waals surface area contributed by atoms with E-state index in [-0.39, 0.29) is 24.3 Å². The van der Waals surface area contributed by atoms with Gasteiger partial charge in [0.2, 0.25) is 17.8 Å². The summed E-state index contributed by atoms with van der Waals surface area (Å²) < 4.78 is 22.1. The molecular weight excluding hydrogens is 575 g/mol. The normalized spacial score (nSPS) is 17.8. The predicted octanol–water partition coefficient (Wildman–Crippen LogP) is 4.76. The van der Waals surface area contributed by atoms with Crippen LogP contribution in [0.15, 0.2) is 73.2 Å². The molecule has 2 aromatic carbocycles. The molecule has 2 saturated heterocycles. The molecule has 3 N–H and O–H groups in total. The number of benzene rings is 2. The highest BCUT2D eigenvalue weighted by atomic mass is 19.1. The van der Waals surface area contributed by atoms with Gasteiger partial charge in [-0.25, -0.2) is 19.6 Å². The summed E-state index contributed by atoms with van der Waals surface area (Å²) in [5.74, 6) is 0.0602. The van der Waals surface area contributed by atoms with Crippen molar-refractivity contribution >= 4 is 28.7 Å². The molecule has 2 fully saturated rings. The maximum Gasteiger partial charge on any atom is 0.234 e. The van der Waals surface area contributed by atoms with E-state index >= 15 is 0 Å². The lowest BCUT2D eigenvalue weighted by Crippen LogP contribution is -2.40. The molecule has 228 valence electrons. The molecule has 2 amide bonds. The van der Waals surface area contributed by atoms with E-state index in [0.717, 1.165) is 37.2 Å². The van der Waals surface area contributed by atoms with Gasteiger partial charge in [0.25, 0.3) is 0 Å². The van der Waals surface area contributed by atoms with Crippen LogP contribution in [0, 0.1) is 5.95 Å². The Morgan fingerprint density at radius 3 is 2.47 bits per heavy atom. The minimum absolute atomic E-state index is 0.0660. The van der Waals surface area contributed by atoms with Crippen molar-refractivity contribution in [2.24, 2.45) is 0 Å². The number of aromatic nitrogens is 5. The number of anilines is 1. The van der Waals surface area contributed by atoms with Crippen molar-refractivity contribution in [1.29, 1.82) is 0 Å². The molecule has 5 aromatic rings. The number of carbonyl (C=O) groups excluding carboxylic acids is 2. The van der Waals surface area contributed by atoms with Crippen LogP contribution in [-0.2, 0) is 16.1 Å². The third-order valence-corrected chi connectivity index (χ3v) is 8.53. The van der Waals surface area contributed by atoms with Crippen LogP contribution in [-0.4, -0.2) is 54.5 Å². The molecule has 2 aliphatic heterocycles. The molecule has 0 bridgehead atoms. The molecular formula is C33H31FN8O3. The monoisotopic (exact) mass is 606 g/mol. The first-order valence-corrected chi connectivity index (χ1v) is 15.0. The van der Waals surface area contributed by atoms with Gasteiger partial charge in [0.15, 0.2) is 5.65 Å². The number of nitrogens with one attached hydrogen (secondary N) is 1. The Bertz CT molecular complexity index is 1870. The number of imide groups is 1. The molecule has 3 aromatic heterocycles. The van der Waals surface area contributed by atoms with Gasteiger partial charge < -0.3 is 10.5 Å². The number of pyridine rings is 1. The fourth-order valence-corrected chi connectivity index (χ4v) is 6.24. The average Bonchev–Trinajstić information content (AvgIpc) is 3.44. The van der Waals surface area contributed by atoms with Crippen LogP contribution in [0.2, 0.25) is 0 Å². The summed E-state index contributed by atoms with van der Waals surface area (Å²) in [6.45, 7) is 1.93. The van der Waals surface area contributed by atoms with Gasteiger partial charge in [0.05, 0.1) is 17.3 Å². The van der Waals surface area contributed by atoms with Crippen LogP contribution in [0.1, 0.15) is 48.8 Å². The second-order valence-corrected chi connectivity index (χ2v) is 11.4. The minimum atomic E-state index is -0.594. The van der Waals surface area contributed by atoms with Gasteiger partial charge in [0, 0.05) is 37.8 Å². The van der Waals surface area contributed by atoms with E-state index in [1.54, 1.807) is 0 Å². The second-order valence-electron chi connectivity index (χ2n) is 11.4. The number of amides is 2. The lowest BCUT2D eigenvalue weighted by molar-refractivity contribution is -0.134. The van der Waals surface area contributed by atoms with Crippen LogP contribution in [0.3, 0.4) is 0 Å². The molecule has 0 aliphatic carbocycles. The lowest BCUT2D eigenvalue weighted by atomic mass is 9.88. The van der Waals surface area contributed by atoms with Gasteiger partial charge in [-0.1, -0.05) is 18.2 Å². The highest BCUT2D eigenvalue weighted by molar-refractivity contribution is 6.01. The minimum Gasteiger partial charge on any atom is -0.457 e. The Morgan fingerprint density at radius 1 is 0.956 bits per heavy atom. The van der Waals surface area contributed by atoms with Gasteiger partial charge in [-0.3, -0.25) is 19.8 Å². The zero-order valence-corrected chi connectivity index (χ0v) is 24.4. The highest BCUT2D eigenvalue weighted by Crippen LogP contribution is 2.36. The molecule has 1 unspecified atom stereocenters. The highest BCUT2D eigenvalue weighted by Gasteiger charge is 2.31. The Hall–Kier alpha value is -5.23. The third kappa shape index (κ3) is 5.84. The van der Waals surface area contributed by atoms with Crippen molar-refractivity contribution in [1.82, 2.24) is 34.9 Å². The third-order valence-electron chi connectivity index (χ3n) is 8.53. The molecule has 0 radical (unpaired) electrons. The number of nitrogens with two attached hydrogens (primary N) is 1. The Morgan fingerprint density at radius 2 is 1.71 bits per heavy atom. The molecule has 0 spiro atoms. The number of likely N-dealkylation sites (tertiary alicyclic amines) is 1. The van der Waals surface area contributed by atoms with E-state index in [9.17, 15) is 14.0 Å². The number of piperidine rings is 2. The molecule has 7 rings (SSSR count). The number of rotatable bonds is 7. The molecule has 11 nitrogen and oxygen atoms in total. The topological polar surface area (TPSA) is 141 Å². The van der Waals surface area contributed by atoms with E-state index in [0.29, 0.717) is 52.4 Å². The van der Waals surface area contributed by atoms with Gasteiger partial charge in [0.1, 0.15) is 29.3 Å². The Kier molecular flexibility index (Phi) is 7.64. The molecule has 2 aliphatic rings.